The molecule has 0 aliphatic carbocycles. The predicted octanol–water partition coefficient (Wildman–Crippen LogP) is 7.69. The second-order valence-corrected chi connectivity index (χ2v) is 12.2. The molecule has 0 saturated heterocycles. The molecule has 1 N–H and O–H groups in total. The van der Waals surface area contributed by atoms with Crippen LogP contribution in [0.25, 0.3) is 0 Å². The lowest BCUT2D eigenvalue weighted by Gasteiger charge is -2.34. The Morgan fingerprint density at radius 2 is 1.00 bits per heavy atom. The van der Waals surface area contributed by atoms with Gasteiger partial charge >= 0.3 is 16.3 Å². The number of hydrogen-bond acceptors (Lipinski definition) is 2. The standard InChI is InChI=1S/C26H21F3O3S2/c1-20-12-16-25(17-13-20)34(30,31)32-33(22-8-4-2-5-9-22,23-10-6-3-7-11-23)24-18-14-21(15-19-24)26(27,28)29/h2-19H,1H3/p+1. The molecule has 0 fully saturated rings. The lowest BCUT2D eigenvalue weighted by atomic mass is 10.2. The smallest absolute Gasteiger partial charge is 0.258 e. The highest BCUT2D eigenvalue weighted by Gasteiger charge is 2.44. The Morgan fingerprint density at radius 3 is 1.44 bits per heavy atom. The van der Waals surface area contributed by atoms with Crippen molar-refractivity contribution in [3.05, 3.63) is 120 Å². The van der Waals surface area contributed by atoms with Gasteiger partial charge in [0.15, 0.2) is 0 Å². The summed E-state index contributed by atoms with van der Waals surface area (Å²) in [6.07, 6.45) is -4.51. The van der Waals surface area contributed by atoms with E-state index in [1.165, 1.54) is 24.3 Å². The van der Waals surface area contributed by atoms with Crippen LogP contribution in [-0.4, -0.2) is 12.0 Å². The summed E-state index contributed by atoms with van der Waals surface area (Å²) >= 11 is 0. The van der Waals surface area contributed by atoms with E-state index in [0.717, 1.165) is 17.7 Å². The van der Waals surface area contributed by atoms with E-state index in [2.05, 4.69) is 3.63 Å². The van der Waals surface area contributed by atoms with Crippen LogP contribution in [0.3, 0.4) is 0 Å². The van der Waals surface area contributed by atoms with Gasteiger partial charge in [0.2, 0.25) is 0 Å². The topological polar surface area (TPSA) is 46.9 Å². The highest BCUT2D eigenvalue weighted by Crippen LogP contribution is 2.68. The summed E-state index contributed by atoms with van der Waals surface area (Å²) in [4.78, 5) is 1.59. The molecule has 0 radical (unpaired) electrons. The Balaban J connectivity index is 1.99. The van der Waals surface area contributed by atoms with Gasteiger partial charge in [-0.2, -0.15) is 13.2 Å². The SMILES string of the molecule is Cc1ccc(S(=O)(=O)[OH+]S(c2ccccc2)(c2ccccc2)c2ccc(C(F)(F)F)cc2)cc1. The summed E-state index contributed by atoms with van der Waals surface area (Å²) < 4.78 is 71.5. The van der Waals surface area contributed by atoms with E-state index in [4.69, 9.17) is 0 Å². The van der Waals surface area contributed by atoms with Crippen LogP contribution in [0.15, 0.2) is 129 Å². The first kappa shape index (κ1) is 24.1. The fourth-order valence-corrected chi connectivity index (χ4v) is 9.00. The molecule has 0 spiro atoms. The quantitative estimate of drug-likeness (QED) is 0.200. The number of rotatable bonds is 6. The zero-order valence-electron chi connectivity index (χ0n) is 18.1. The van der Waals surface area contributed by atoms with Crippen molar-refractivity contribution in [2.45, 2.75) is 32.7 Å². The number of halogens is 3. The molecular formula is C26H22F3O3S2+. The van der Waals surface area contributed by atoms with Crippen molar-refractivity contribution >= 4 is 20.4 Å². The average molecular weight is 504 g/mol. The fourth-order valence-electron chi connectivity index (χ4n) is 3.51. The van der Waals surface area contributed by atoms with Crippen LogP contribution in [-0.2, 0) is 16.3 Å². The highest BCUT2D eigenvalue weighted by molar-refractivity contribution is 8.32. The molecule has 176 valence electrons. The van der Waals surface area contributed by atoms with Crippen molar-refractivity contribution in [1.29, 1.82) is 0 Å². The minimum Gasteiger partial charge on any atom is -0.258 e. The van der Waals surface area contributed by atoms with Crippen LogP contribution >= 0.6 is 10.3 Å². The van der Waals surface area contributed by atoms with Gasteiger partial charge in [-0.15, -0.1) is 8.42 Å². The second-order valence-electron chi connectivity index (χ2n) is 7.59. The molecule has 0 aliphatic rings. The maximum atomic E-state index is 13.6. The maximum Gasteiger partial charge on any atom is 0.422 e. The number of hydrogen-bond donors (Lipinski definition) is 0. The average Bonchev–Trinajstić information content (AvgIpc) is 2.83. The molecule has 34 heavy (non-hydrogen) atoms. The summed E-state index contributed by atoms with van der Waals surface area (Å²) in [5, 5.41) is 0. The van der Waals surface area contributed by atoms with E-state index in [9.17, 15) is 21.6 Å². The van der Waals surface area contributed by atoms with Gasteiger partial charge in [0.1, 0.15) is 4.90 Å². The molecule has 4 aromatic rings. The lowest BCUT2D eigenvalue weighted by Crippen LogP contribution is -2.19. The number of alkyl halides is 3. The molecule has 0 aliphatic heterocycles. The third-order valence-electron chi connectivity index (χ3n) is 5.22. The van der Waals surface area contributed by atoms with Gasteiger partial charge in [-0.05, 0) is 67.6 Å². The Labute approximate surface area is 198 Å². The van der Waals surface area contributed by atoms with Crippen molar-refractivity contribution in [2.24, 2.45) is 0 Å². The Morgan fingerprint density at radius 1 is 0.588 bits per heavy atom. The van der Waals surface area contributed by atoms with E-state index in [1.807, 2.05) is 6.92 Å². The number of benzene rings is 4. The summed E-state index contributed by atoms with van der Waals surface area (Å²) in [5.41, 5.74) is 0.0819. The first-order valence-electron chi connectivity index (χ1n) is 10.3. The third kappa shape index (κ3) is 4.75. The van der Waals surface area contributed by atoms with Gasteiger partial charge in [-0.1, -0.05) is 54.1 Å². The molecule has 0 unspecified atom stereocenters. The van der Waals surface area contributed by atoms with E-state index in [1.54, 1.807) is 72.8 Å². The molecule has 0 saturated carbocycles. The van der Waals surface area contributed by atoms with Gasteiger partial charge < -0.3 is 0 Å². The fraction of sp³-hybridized carbons (Fsp3) is 0.0769. The molecule has 0 atom stereocenters. The highest BCUT2D eigenvalue weighted by atomic mass is 32.3. The van der Waals surface area contributed by atoms with Gasteiger partial charge in [0.25, 0.3) is 0 Å². The second kappa shape index (κ2) is 9.29. The van der Waals surface area contributed by atoms with Crippen molar-refractivity contribution in [1.82, 2.24) is 0 Å². The van der Waals surface area contributed by atoms with Crippen LogP contribution < -0.4 is 0 Å². The Bertz CT molecular complexity index is 1310. The Kier molecular flexibility index (Phi) is 6.58. The predicted molar refractivity (Wildman–Crippen MR) is 128 cm³/mol. The molecule has 8 heteroatoms. The summed E-state index contributed by atoms with van der Waals surface area (Å²) in [6.45, 7) is 1.85. The van der Waals surface area contributed by atoms with E-state index >= 15 is 0 Å². The lowest BCUT2D eigenvalue weighted by molar-refractivity contribution is -0.137. The van der Waals surface area contributed by atoms with E-state index < -0.39 is 32.2 Å². The van der Waals surface area contributed by atoms with Gasteiger partial charge in [0.05, 0.1) is 30.6 Å². The maximum absolute atomic E-state index is 13.6. The minimum atomic E-state index is -4.51. The molecule has 0 bridgehead atoms. The largest absolute Gasteiger partial charge is 0.422 e. The summed E-state index contributed by atoms with van der Waals surface area (Å²) in [6, 6.07) is 28.6. The monoisotopic (exact) mass is 503 g/mol. The van der Waals surface area contributed by atoms with Crippen LogP contribution in [0, 0.1) is 6.92 Å². The molecule has 0 aromatic heterocycles. The molecule has 4 aromatic carbocycles. The Hall–Kier alpha value is -3.07. The van der Waals surface area contributed by atoms with Crippen molar-refractivity contribution in [3.63, 3.8) is 0 Å². The van der Waals surface area contributed by atoms with Gasteiger partial charge in [-0.3, -0.25) is 3.63 Å². The van der Waals surface area contributed by atoms with Gasteiger partial charge in [-0.25, -0.2) is 0 Å². The first-order chi connectivity index (χ1) is 16.1. The summed E-state index contributed by atoms with van der Waals surface area (Å²) in [5.74, 6) is 0. The minimum absolute atomic E-state index is 0.0220. The molecule has 4 rings (SSSR count). The molecular weight excluding hydrogens is 481 g/mol. The first-order valence-corrected chi connectivity index (χ1v) is 13.3. The molecule has 0 heterocycles. The third-order valence-corrected chi connectivity index (χ3v) is 10.6. The van der Waals surface area contributed by atoms with Crippen LogP contribution in [0.4, 0.5) is 13.2 Å². The van der Waals surface area contributed by atoms with Crippen LogP contribution in [0.2, 0.25) is 0 Å². The zero-order valence-corrected chi connectivity index (χ0v) is 19.7. The van der Waals surface area contributed by atoms with Crippen molar-refractivity contribution in [3.8, 4) is 0 Å². The number of aryl methyl sites for hydroxylation is 1. The normalized spacial score (nSPS) is 12.9. The van der Waals surface area contributed by atoms with E-state index in [0.29, 0.717) is 14.7 Å². The molecule has 3 nitrogen and oxygen atoms in total. The van der Waals surface area contributed by atoms with Crippen LogP contribution in [0.1, 0.15) is 11.1 Å². The zero-order chi connectivity index (χ0) is 24.4. The summed E-state index contributed by atoms with van der Waals surface area (Å²) in [7, 11) is -7.02. The van der Waals surface area contributed by atoms with Crippen molar-refractivity contribution in [2.75, 3.05) is 0 Å². The molecule has 0 amide bonds. The van der Waals surface area contributed by atoms with Crippen molar-refractivity contribution < 1.29 is 25.2 Å². The van der Waals surface area contributed by atoms with Crippen LogP contribution in [0.5, 0.6) is 0 Å². The van der Waals surface area contributed by atoms with Gasteiger partial charge in [0, 0.05) is 0 Å². The van der Waals surface area contributed by atoms with E-state index in [-0.39, 0.29) is 4.90 Å².